The molecule has 0 radical (unpaired) electrons. The van der Waals surface area contributed by atoms with E-state index in [2.05, 4.69) is 146 Å². The molecule has 6 aromatic carbocycles. The van der Waals surface area contributed by atoms with E-state index in [-0.39, 0.29) is 0 Å². The Morgan fingerprint density at radius 3 is 1.74 bits per heavy atom. The van der Waals surface area contributed by atoms with Crippen LogP contribution in [0.4, 0.5) is 0 Å². The minimum atomic E-state index is 0.900. The first-order valence-corrected chi connectivity index (χ1v) is 14.6. The smallest absolute Gasteiger partial charge is 0.0934 e. The standard InChI is InChI=1S/C40H25N3/c1-2-11-27(12-3-1)39-29-13-4-6-15-31(29)40(32-16-7-5-14-30(32)39)28-22-21-26-23-24-35(41-36(26)25-28)38-20-10-19-37-33-17-8-9-18-34(33)42-43(37)38/h1-25H. The largest absolute Gasteiger partial charge is 0.246 e. The second-order valence-corrected chi connectivity index (χ2v) is 11.0. The summed E-state index contributed by atoms with van der Waals surface area (Å²) >= 11 is 0. The highest BCUT2D eigenvalue weighted by Gasteiger charge is 2.17. The number of hydrogen-bond acceptors (Lipinski definition) is 2. The maximum absolute atomic E-state index is 5.22. The highest BCUT2D eigenvalue weighted by Crippen LogP contribution is 2.44. The van der Waals surface area contributed by atoms with E-state index in [9.17, 15) is 0 Å². The van der Waals surface area contributed by atoms with Crippen LogP contribution >= 0.6 is 0 Å². The quantitative estimate of drug-likeness (QED) is 0.206. The molecule has 0 aliphatic rings. The van der Waals surface area contributed by atoms with E-state index in [1.807, 2.05) is 10.6 Å². The Labute approximate surface area is 248 Å². The molecular formula is C40H25N3. The Morgan fingerprint density at radius 1 is 0.419 bits per heavy atom. The van der Waals surface area contributed by atoms with Crippen molar-refractivity contribution in [2.75, 3.05) is 0 Å². The molecule has 0 spiro atoms. The van der Waals surface area contributed by atoms with Gasteiger partial charge in [0.25, 0.3) is 0 Å². The van der Waals surface area contributed by atoms with Gasteiger partial charge in [-0.15, -0.1) is 0 Å². The first kappa shape index (κ1) is 23.9. The van der Waals surface area contributed by atoms with Gasteiger partial charge < -0.3 is 0 Å². The lowest BCUT2D eigenvalue weighted by Crippen LogP contribution is -1.96. The predicted octanol–water partition coefficient (Wildman–Crippen LogP) is 10.3. The molecule has 43 heavy (non-hydrogen) atoms. The molecule has 0 bridgehead atoms. The van der Waals surface area contributed by atoms with E-state index in [0.29, 0.717) is 0 Å². The van der Waals surface area contributed by atoms with Crippen molar-refractivity contribution in [1.29, 1.82) is 0 Å². The van der Waals surface area contributed by atoms with Gasteiger partial charge in [0, 0.05) is 10.8 Å². The third-order valence-electron chi connectivity index (χ3n) is 8.59. The summed E-state index contributed by atoms with van der Waals surface area (Å²) < 4.78 is 2.02. The van der Waals surface area contributed by atoms with Gasteiger partial charge in [-0.25, -0.2) is 9.50 Å². The van der Waals surface area contributed by atoms with Crippen molar-refractivity contribution in [3.8, 4) is 33.6 Å². The summed E-state index contributed by atoms with van der Waals surface area (Å²) in [4.78, 5) is 5.22. The minimum Gasteiger partial charge on any atom is -0.246 e. The Hall–Kier alpha value is -5.80. The third kappa shape index (κ3) is 3.68. The summed E-state index contributed by atoms with van der Waals surface area (Å²) in [7, 11) is 0. The van der Waals surface area contributed by atoms with Crippen LogP contribution in [0.15, 0.2) is 152 Å². The third-order valence-corrected chi connectivity index (χ3v) is 8.59. The lowest BCUT2D eigenvalue weighted by molar-refractivity contribution is 0.984. The molecule has 0 saturated carbocycles. The SMILES string of the molecule is c1ccc(-c2c3ccccc3c(-c3ccc4ccc(-c5cccc6c7ccccc7nn56)nc4c3)c3ccccc23)cc1. The minimum absolute atomic E-state index is 0.900. The molecule has 9 aromatic rings. The van der Waals surface area contributed by atoms with E-state index in [0.717, 1.165) is 44.3 Å². The van der Waals surface area contributed by atoms with Gasteiger partial charge in [-0.3, -0.25) is 0 Å². The fraction of sp³-hybridized carbons (Fsp3) is 0. The molecule has 3 aromatic heterocycles. The van der Waals surface area contributed by atoms with Crippen molar-refractivity contribution < 1.29 is 0 Å². The van der Waals surface area contributed by atoms with Crippen molar-refractivity contribution in [2.45, 2.75) is 0 Å². The van der Waals surface area contributed by atoms with Crippen molar-refractivity contribution in [3.63, 3.8) is 0 Å². The number of nitrogens with zero attached hydrogens (tertiary/aromatic N) is 3. The number of fused-ring (bicyclic) bond motifs is 6. The molecule has 0 atom stereocenters. The molecule has 0 saturated heterocycles. The Balaban J connectivity index is 1.29. The zero-order valence-electron chi connectivity index (χ0n) is 23.3. The lowest BCUT2D eigenvalue weighted by atomic mass is 9.86. The molecule has 3 heteroatoms. The zero-order chi connectivity index (χ0) is 28.3. The van der Waals surface area contributed by atoms with Gasteiger partial charge in [0.2, 0.25) is 0 Å². The maximum Gasteiger partial charge on any atom is 0.0934 e. The van der Waals surface area contributed by atoms with Crippen molar-refractivity contribution in [3.05, 3.63) is 152 Å². The zero-order valence-corrected chi connectivity index (χ0v) is 23.3. The summed E-state index contributed by atoms with van der Waals surface area (Å²) in [6, 6.07) is 53.8. The van der Waals surface area contributed by atoms with Crippen LogP contribution in [-0.4, -0.2) is 14.6 Å². The van der Waals surface area contributed by atoms with Gasteiger partial charge in [0.05, 0.1) is 27.9 Å². The molecule has 0 amide bonds. The number of pyridine rings is 2. The van der Waals surface area contributed by atoms with Crippen LogP contribution in [0, 0.1) is 0 Å². The van der Waals surface area contributed by atoms with Gasteiger partial charge in [0.1, 0.15) is 0 Å². The summed E-state index contributed by atoms with van der Waals surface area (Å²) in [5.74, 6) is 0. The molecular weight excluding hydrogens is 522 g/mol. The van der Waals surface area contributed by atoms with E-state index in [4.69, 9.17) is 10.1 Å². The Bertz CT molecular complexity index is 2450. The molecule has 200 valence electrons. The van der Waals surface area contributed by atoms with Gasteiger partial charge in [0.15, 0.2) is 0 Å². The Kier molecular flexibility index (Phi) is 5.20. The molecule has 0 aliphatic heterocycles. The highest BCUT2D eigenvalue weighted by molar-refractivity contribution is 6.21. The van der Waals surface area contributed by atoms with Gasteiger partial charge >= 0.3 is 0 Å². The van der Waals surface area contributed by atoms with Crippen LogP contribution in [0.5, 0.6) is 0 Å². The molecule has 9 rings (SSSR count). The average Bonchev–Trinajstić information content (AvgIpc) is 3.46. The summed E-state index contributed by atoms with van der Waals surface area (Å²) in [6.07, 6.45) is 0. The fourth-order valence-corrected chi connectivity index (χ4v) is 6.66. The topological polar surface area (TPSA) is 30.2 Å². The fourth-order valence-electron chi connectivity index (χ4n) is 6.66. The Morgan fingerprint density at radius 2 is 1.02 bits per heavy atom. The van der Waals surface area contributed by atoms with Crippen LogP contribution in [0.3, 0.4) is 0 Å². The first-order valence-electron chi connectivity index (χ1n) is 14.6. The first-order chi connectivity index (χ1) is 21.3. The van der Waals surface area contributed by atoms with E-state index in [1.54, 1.807) is 0 Å². The van der Waals surface area contributed by atoms with Crippen molar-refractivity contribution in [2.24, 2.45) is 0 Å². The molecule has 0 N–H and O–H groups in total. The van der Waals surface area contributed by atoms with E-state index in [1.165, 1.54) is 38.2 Å². The molecule has 3 heterocycles. The number of hydrogen-bond donors (Lipinski definition) is 0. The van der Waals surface area contributed by atoms with Gasteiger partial charge in [-0.1, -0.05) is 121 Å². The van der Waals surface area contributed by atoms with Crippen molar-refractivity contribution >= 4 is 48.9 Å². The predicted molar refractivity (Wildman–Crippen MR) is 179 cm³/mol. The molecule has 0 fully saturated rings. The van der Waals surface area contributed by atoms with Gasteiger partial charge in [-0.2, -0.15) is 5.10 Å². The van der Waals surface area contributed by atoms with Crippen LogP contribution < -0.4 is 0 Å². The second-order valence-electron chi connectivity index (χ2n) is 11.0. The van der Waals surface area contributed by atoms with Crippen LogP contribution in [0.25, 0.3) is 82.5 Å². The number of aromatic nitrogens is 3. The summed E-state index contributed by atoms with van der Waals surface area (Å²) in [6.45, 7) is 0. The normalized spacial score (nSPS) is 11.7. The maximum atomic E-state index is 5.22. The number of benzene rings is 6. The lowest BCUT2D eigenvalue weighted by Gasteiger charge is -2.18. The number of rotatable bonds is 3. The average molecular weight is 548 g/mol. The molecule has 3 nitrogen and oxygen atoms in total. The highest BCUT2D eigenvalue weighted by atomic mass is 15.2. The van der Waals surface area contributed by atoms with Crippen LogP contribution in [0.2, 0.25) is 0 Å². The van der Waals surface area contributed by atoms with Crippen LogP contribution in [-0.2, 0) is 0 Å². The van der Waals surface area contributed by atoms with E-state index >= 15 is 0 Å². The molecule has 0 aliphatic carbocycles. The second kappa shape index (κ2) is 9.37. The van der Waals surface area contributed by atoms with Crippen molar-refractivity contribution in [1.82, 2.24) is 14.6 Å². The van der Waals surface area contributed by atoms with Crippen LogP contribution in [0.1, 0.15) is 0 Å². The van der Waals surface area contributed by atoms with Gasteiger partial charge in [-0.05, 0) is 74.1 Å². The molecule has 0 unspecified atom stereocenters. The monoisotopic (exact) mass is 547 g/mol. The van der Waals surface area contributed by atoms with E-state index < -0.39 is 0 Å². The summed E-state index contributed by atoms with van der Waals surface area (Å²) in [5.41, 5.74) is 9.80. The summed E-state index contributed by atoms with van der Waals surface area (Å²) in [5, 5.41) is 12.2.